The van der Waals surface area contributed by atoms with Crippen LogP contribution in [0.3, 0.4) is 0 Å². The molecule has 2 atom stereocenters. The number of hydrogen-bond acceptors (Lipinski definition) is 4. The molecule has 0 aliphatic heterocycles. The van der Waals surface area contributed by atoms with Crippen LogP contribution in [-0.4, -0.2) is 31.6 Å². The van der Waals surface area contributed by atoms with Gasteiger partial charge in [-0.2, -0.15) is 0 Å². The van der Waals surface area contributed by atoms with Crippen LogP contribution in [0.1, 0.15) is 36.0 Å². The number of sulfonamides is 1. The van der Waals surface area contributed by atoms with Crippen LogP contribution in [0.2, 0.25) is 0 Å². The number of aliphatic hydroxyl groups excluding tert-OH is 1. The maximum Gasteiger partial charge on any atom is 0.255 e. The van der Waals surface area contributed by atoms with Gasteiger partial charge in [0.15, 0.2) is 0 Å². The first-order valence-electron chi connectivity index (χ1n) is 8.92. The van der Waals surface area contributed by atoms with E-state index in [1.807, 2.05) is 0 Å². The number of carbonyl (C=O) groups excluding carboxylic acids is 1. The maximum atomic E-state index is 14.2. The van der Waals surface area contributed by atoms with E-state index in [9.17, 15) is 27.1 Å². The number of anilines is 1. The van der Waals surface area contributed by atoms with Gasteiger partial charge in [0.1, 0.15) is 16.5 Å². The van der Waals surface area contributed by atoms with Crippen LogP contribution < -0.4 is 10.0 Å². The highest BCUT2D eigenvalue weighted by Gasteiger charge is 2.28. The van der Waals surface area contributed by atoms with Crippen molar-refractivity contribution in [1.82, 2.24) is 4.72 Å². The number of carbonyl (C=O) groups is 1. The van der Waals surface area contributed by atoms with Crippen LogP contribution >= 0.6 is 15.9 Å². The molecule has 0 bridgehead atoms. The lowest BCUT2D eigenvalue weighted by Gasteiger charge is -2.26. The van der Waals surface area contributed by atoms with Crippen molar-refractivity contribution in [2.75, 3.05) is 5.32 Å². The molecule has 1 saturated carbocycles. The molecule has 0 heterocycles. The van der Waals surface area contributed by atoms with Crippen LogP contribution in [0.15, 0.2) is 45.8 Å². The van der Waals surface area contributed by atoms with Crippen LogP contribution in [-0.2, 0) is 10.0 Å². The molecule has 2 aromatic rings. The Hall–Kier alpha value is -1.88. The SMILES string of the molecule is O=C(Nc1ccc(F)c(Br)c1)c1ccc(F)c(S(=O)(=O)NC2CCCC(O)C2)c1. The minimum absolute atomic E-state index is 0.0732. The third kappa shape index (κ3) is 5.39. The normalized spacial score (nSPS) is 19.7. The molecule has 6 nitrogen and oxygen atoms in total. The first kappa shape index (κ1) is 21.8. The summed E-state index contributed by atoms with van der Waals surface area (Å²) in [5.74, 6) is -2.17. The fourth-order valence-electron chi connectivity index (χ4n) is 3.18. The fourth-order valence-corrected chi connectivity index (χ4v) is 4.95. The second kappa shape index (κ2) is 8.86. The zero-order valence-electron chi connectivity index (χ0n) is 15.2. The molecule has 0 radical (unpaired) electrons. The number of rotatable bonds is 5. The molecule has 1 aliphatic rings. The smallest absolute Gasteiger partial charge is 0.255 e. The highest BCUT2D eigenvalue weighted by Crippen LogP contribution is 2.24. The predicted octanol–water partition coefficient (Wildman–Crippen LogP) is 3.56. The van der Waals surface area contributed by atoms with Gasteiger partial charge in [-0.3, -0.25) is 4.79 Å². The van der Waals surface area contributed by atoms with Gasteiger partial charge in [-0.25, -0.2) is 21.9 Å². The average Bonchev–Trinajstić information content (AvgIpc) is 2.64. The monoisotopic (exact) mass is 488 g/mol. The zero-order chi connectivity index (χ0) is 21.2. The molecule has 0 aromatic heterocycles. The number of nitrogens with one attached hydrogen (secondary N) is 2. The van der Waals surface area contributed by atoms with Gasteiger partial charge in [0, 0.05) is 17.3 Å². The van der Waals surface area contributed by atoms with Crippen LogP contribution in [0.4, 0.5) is 14.5 Å². The van der Waals surface area contributed by atoms with E-state index in [0.29, 0.717) is 19.3 Å². The second-order valence-corrected chi connectivity index (χ2v) is 9.40. The molecule has 0 spiro atoms. The van der Waals surface area contributed by atoms with Crippen molar-refractivity contribution < 1.29 is 27.1 Å². The summed E-state index contributed by atoms with van der Waals surface area (Å²) in [6.45, 7) is 0. The van der Waals surface area contributed by atoms with Crippen molar-refractivity contribution in [3.63, 3.8) is 0 Å². The Balaban J connectivity index is 1.81. The van der Waals surface area contributed by atoms with E-state index in [0.717, 1.165) is 24.3 Å². The molecule has 156 valence electrons. The summed E-state index contributed by atoms with van der Waals surface area (Å²) in [6, 6.07) is 6.36. The summed E-state index contributed by atoms with van der Waals surface area (Å²) >= 11 is 3.01. The molecule has 1 fully saturated rings. The highest BCUT2D eigenvalue weighted by molar-refractivity contribution is 9.10. The lowest BCUT2D eigenvalue weighted by molar-refractivity contribution is 0.102. The minimum Gasteiger partial charge on any atom is -0.393 e. The van der Waals surface area contributed by atoms with Crippen molar-refractivity contribution in [2.24, 2.45) is 0 Å². The zero-order valence-corrected chi connectivity index (χ0v) is 17.6. The minimum atomic E-state index is -4.23. The van der Waals surface area contributed by atoms with Crippen molar-refractivity contribution in [2.45, 2.75) is 42.7 Å². The van der Waals surface area contributed by atoms with E-state index >= 15 is 0 Å². The van der Waals surface area contributed by atoms with Crippen molar-refractivity contribution in [3.8, 4) is 0 Å². The van der Waals surface area contributed by atoms with Crippen molar-refractivity contribution in [3.05, 3.63) is 58.1 Å². The molecule has 3 N–H and O–H groups in total. The number of amides is 1. The number of halogens is 3. The predicted molar refractivity (Wildman–Crippen MR) is 107 cm³/mol. The molecule has 3 rings (SSSR count). The molecule has 0 saturated heterocycles. The van der Waals surface area contributed by atoms with Crippen molar-refractivity contribution in [1.29, 1.82) is 0 Å². The quantitative estimate of drug-likeness (QED) is 0.599. The van der Waals surface area contributed by atoms with Gasteiger partial charge in [0.2, 0.25) is 10.0 Å². The molecule has 29 heavy (non-hydrogen) atoms. The summed E-state index contributed by atoms with van der Waals surface area (Å²) in [5.41, 5.74) is 0.210. The molecular weight excluding hydrogens is 470 g/mol. The van der Waals surface area contributed by atoms with Gasteiger partial charge in [-0.15, -0.1) is 0 Å². The summed E-state index contributed by atoms with van der Waals surface area (Å²) in [6.07, 6.45) is 1.44. The standard InChI is InChI=1S/C19H19BrF2N2O4S/c20-15-10-12(5-7-16(15)21)23-19(26)11-4-6-17(22)18(8-11)29(27,28)24-13-2-1-3-14(25)9-13/h4-8,10,13-14,24-25H,1-3,9H2,(H,23,26). The van der Waals surface area contributed by atoms with Crippen molar-refractivity contribution >= 4 is 37.5 Å². The largest absolute Gasteiger partial charge is 0.393 e. The molecule has 1 amide bonds. The van der Waals surface area contributed by atoms with E-state index in [-0.39, 0.29) is 22.1 Å². The van der Waals surface area contributed by atoms with Gasteiger partial charge >= 0.3 is 0 Å². The van der Waals surface area contributed by atoms with Crippen LogP contribution in [0.5, 0.6) is 0 Å². The Morgan fingerprint density at radius 1 is 1.10 bits per heavy atom. The van der Waals surface area contributed by atoms with Gasteiger partial charge < -0.3 is 10.4 Å². The molecular formula is C19H19BrF2N2O4S. The molecule has 10 heteroatoms. The fraction of sp³-hybridized carbons (Fsp3) is 0.316. The number of benzene rings is 2. The van der Waals surface area contributed by atoms with E-state index < -0.39 is 44.6 Å². The van der Waals surface area contributed by atoms with Crippen LogP contribution in [0, 0.1) is 11.6 Å². The maximum absolute atomic E-state index is 14.2. The summed E-state index contributed by atoms with van der Waals surface area (Å²) in [4.78, 5) is 11.8. The number of aliphatic hydroxyl groups is 1. The van der Waals surface area contributed by atoms with Gasteiger partial charge in [-0.05, 0) is 78.0 Å². The van der Waals surface area contributed by atoms with E-state index in [1.54, 1.807) is 0 Å². The molecule has 1 aliphatic carbocycles. The summed E-state index contributed by atoms with van der Waals surface area (Å²) in [5, 5.41) is 12.2. The average molecular weight is 489 g/mol. The third-order valence-electron chi connectivity index (χ3n) is 4.63. The van der Waals surface area contributed by atoms with Crippen LogP contribution in [0.25, 0.3) is 0 Å². The highest BCUT2D eigenvalue weighted by atomic mass is 79.9. The summed E-state index contributed by atoms with van der Waals surface area (Å²) < 4.78 is 55.4. The lowest BCUT2D eigenvalue weighted by atomic mass is 9.94. The molecule has 2 aromatic carbocycles. The van der Waals surface area contributed by atoms with E-state index in [1.165, 1.54) is 12.1 Å². The summed E-state index contributed by atoms with van der Waals surface area (Å²) in [7, 11) is -4.23. The van der Waals surface area contributed by atoms with E-state index in [2.05, 4.69) is 26.0 Å². The first-order chi connectivity index (χ1) is 13.7. The Bertz CT molecular complexity index is 1030. The Kier molecular flexibility index (Phi) is 6.67. The lowest BCUT2D eigenvalue weighted by Crippen LogP contribution is -2.40. The Morgan fingerprint density at radius 3 is 2.52 bits per heavy atom. The molecule has 2 unspecified atom stereocenters. The van der Waals surface area contributed by atoms with Gasteiger partial charge in [-0.1, -0.05) is 0 Å². The second-order valence-electron chi connectivity index (χ2n) is 6.87. The first-order valence-corrected chi connectivity index (χ1v) is 11.2. The Morgan fingerprint density at radius 2 is 1.83 bits per heavy atom. The topological polar surface area (TPSA) is 95.5 Å². The Labute approximate surface area is 175 Å². The number of hydrogen-bond donors (Lipinski definition) is 3. The van der Waals surface area contributed by atoms with Gasteiger partial charge in [0.05, 0.1) is 10.6 Å². The third-order valence-corrected chi connectivity index (χ3v) is 6.77. The van der Waals surface area contributed by atoms with E-state index in [4.69, 9.17) is 0 Å². The van der Waals surface area contributed by atoms with Gasteiger partial charge in [0.25, 0.3) is 5.91 Å².